The number of aromatic nitrogens is 4. The van der Waals surface area contributed by atoms with Gasteiger partial charge in [-0.2, -0.15) is 5.10 Å². The quantitative estimate of drug-likeness (QED) is 0.874. The van der Waals surface area contributed by atoms with Gasteiger partial charge in [-0.05, 0) is 0 Å². The van der Waals surface area contributed by atoms with Crippen LogP contribution in [0.25, 0.3) is 5.82 Å². The maximum absolute atomic E-state index is 12.5. The van der Waals surface area contributed by atoms with Gasteiger partial charge >= 0.3 is 5.97 Å². The van der Waals surface area contributed by atoms with Crippen LogP contribution in [0.5, 0.6) is 0 Å². The van der Waals surface area contributed by atoms with Gasteiger partial charge in [0.1, 0.15) is 11.3 Å². The van der Waals surface area contributed by atoms with E-state index in [2.05, 4.69) is 15.1 Å². The van der Waals surface area contributed by atoms with Crippen LogP contribution in [0.15, 0.2) is 24.8 Å². The molecule has 0 aliphatic rings. The van der Waals surface area contributed by atoms with Gasteiger partial charge in [0, 0.05) is 18.6 Å². The number of hydrogen-bond acceptors (Lipinski definition) is 4. The number of rotatable bonds is 3. The van der Waals surface area contributed by atoms with E-state index in [-0.39, 0.29) is 5.82 Å². The zero-order valence-electron chi connectivity index (χ0n) is 8.29. The second-order valence-electron chi connectivity index (χ2n) is 3.04. The number of halogens is 2. The minimum Gasteiger partial charge on any atom is -0.478 e. The van der Waals surface area contributed by atoms with E-state index >= 15 is 0 Å². The molecule has 2 rings (SSSR count). The number of hydrogen-bond donors (Lipinski definition) is 1. The summed E-state index contributed by atoms with van der Waals surface area (Å²) in [6.45, 7) is 0. The molecule has 0 fully saturated rings. The summed E-state index contributed by atoms with van der Waals surface area (Å²) in [5.41, 5.74) is -1.34. The Morgan fingerprint density at radius 2 is 2.18 bits per heavy atom. The van der Waals surface area contributed by atoms with E-state index in [9.17, 15) is 13.6 Å². The van der Waals surface area contributed by atoms with Gasteiger partial charge in [-0.1, -0.05) is 0 Å². The number of alkyl halides is 2. The van der Waals surface area contributed by atoms with E-state index in [4.69, 9.17) is 5.11 Å². The Hall–Kier alpha value is -2.38. The fourth-order valence-corrected chi connectivity index (χ4v) is 1.24. The molecule has 0 aliphatic carbocycles. The predicted molar refractivity (Wildman–Crippen MR) is 51.1 cm³/mol. The lowest BCUT2D eigenvalue weighted by Crippen LogP contribution is -2.00. The zero-order chi connectivity index (χ0) is 12.4. The molecule has 2 aromatic rings. The molecule has 0 saturated heterocycles. The van der Waals surface area contributed by atoms with E-state index in [0.717, 1.165) is 10.9 Å². The molecule has 1 N–H and O–H groups in total. The van der Waals surface area contributed by atoms with Crippen LogP contribution in [0.1, 0.15) is 22.5 Å². The fraction of sp³-hybridized carbons (Fsp3) is 0.111. The van der Waals surface area contributed by atoms with Gasteiger partial charge in [0.05, 0.1) is 6.20 Å². The molecule has 0 aromatic carbocycles. The second-order valence-corrected chi connectivity index (χ2v) is 3.04. The van der Waals surface area contributed by atoms with Crippen LogP contribution in [0.2, 0.25) is 0 Å². The maximum atomic E-state index is 12.5. The third kappa shape index (κ3) is 2.10. The molecule has 0 saturated carbocycles. The van der Waals surface area contributed by atoms with Crippen LogP contribution >= 0.6 is 0 Å². The summed E-state index contributed by atoms with van der Waals surface area (Å²) in [5.74, 6) is -1.29. The topological polar surface area (TPSA) is 80.9 Å². The molecular weight excluding hydrogens is 234 g/mol. The molecule has 0 radical (unpaired) electrons. The standard InChI is InChI=1S/C9H6F2N4O2/c10-8(11)7-5(9(16)17)4-15(14-7)6-3-12-1-2-13-6/h1-4,8H,(H,16,17). The highest BCUT2D eigenvalue weighted by Gasteiger charge is 2.23. The smallest absolute Gasteiger partial charge is 0.339 e. The lowest BCUT2D eigenvalue weighted by molar-refractivity contribution is 0.0684. The van der Waals surface area contributed by atoms with Gasteiger partial charge in [0.2, 0.25) is 0 Å². The van der Waals surface area contributed by atoms with Gasteiger partial charge < -0.3 is 5.11 Å². The van der Waals surface area contributed by atoms with Crippen molar-refractivity contribution in [3.63, 3.8) is 0 Å². The average Bonchev–Trinajstić information content (AvgIpc) is 2.75. The molecule has 0 atom stereocenters. The lowest BCUT2D eigenvalue weighted by atomic mass is 10.2. The van der Waals surface area contributed by atoms with E-state index in [1.165, 1.54) is 18.6 Å². The van der Waals surface area contributed by atoms with E-state index < -0.39 is 23.7 Å². The predicted octanol–water partition coefficient (Wildman–Crippen LogP) is 1.30. The first-order valence-corrected chi connectivity index (χ1v) is 4.47. The average molecular weight is 240 g/mol. The third-order valence-electron chi connectivity index (χ3n) is 1.96. The number of carbonyl (C=O) groups is 1. The van der Waals surface area contributed by atoms with E-state index in [0.29, 0.717) is 0 Å². The van der Waals surface area contributed by atoms with Crippen molar-refractivity contribution in [3.05, 3.63) is 36.0 Å². The van der Waals surface area contributed by atoms with Crippen LogP contribution < -0.4 is 0 Å². The van der Waals surface area contributed by atoms with Crippen molar-refractivity contribution in [1.82, 2.24) is 19.7 Å². The normalized spacial score (nSPS) is 10.8. The second kappa shape index (κ2) is 4.24. The minimum absolute atomic E-state index is 0.168. The van der Waals surface area contributed by atoms with Gasteiger partial charge in [0.25, 0.3) is 6.43 Å². The van der Waals surface area contributed by atoms with Gasteiger partial charge in [-0.3, -0.25) is 4.98 Å². The van der Waals surface area contributed by atoms with Crippen molar-refractivity contribution in [2.75, 3.05) is 0 Å². The molecular formula is C9H6F2N4O2. The SMILES string of the molecule is O=C(O)c1cn(-c2cnccn2)nc1C(F)F. The van der Waals surface area contributed by atoms with Crippen molar-refractivity contribution >= 4 is 5.97 Å². The van der Waals surface area contributed by atoms with Crippen molar-refractivity contribution in [2.45, 2.75) is 6.43 Å². The monoisotopic (exact) mass is 240 g/mol. The first-order chi connectivity index (χ1) is 8.09. The Morgan fingerprint density at radius 3 is 2.65 bits per heavy atom. The molecule has 0 unspecified atom stereocenters. The first-order valence-electron chi connectivity index (χ1n) is 4.47. The molecule has 0 bridgehead atoms. The summed E-state index contributed by atoms with van der Waals surface area (Å²) in [6.07, 6.45) is 2.05. The fourth-order valence-electron chi connectivity index (χ4n) is 1.24. The van der Waals surface area contributed by atoms with Crippen LogP contribution in [0, 0.1) is 0 Å². The van der Waals surface area contributed by atoms with Gasteiger partial charge in [0.15, 0.2) is 5.82 Å². The molecule has 2 aromatic heterocycles. The van der Waals surface area contributed by atoms with Crippen molar-refractivity contribution in [2.24, 2.45) is 0 Å². The molecule has 88 valence electrons. The molecule has 17 heavy (non-hydrogen) atoms. The Balaban J connectivity index is 2.51. The lowest BCUT2D eigenvalue weighted by Gasteiger charge is -1.97. The third-order valence-corrected chi connectivity index (χ3v) is 1.96. The highest BCUT2D eigenvalue weighted by Crippen LogP contribution is 2.22. The summed E-state index contributed by atoms with van der Waals surface area (Å²) in [5, 5.41) is 12.2. The first kappa shape index (κ1) is 11.1. The molecule has 8 heteroatoms. The number of carboxylic acid groups (broad SMARTS) is 1. The van der Waals surface area contributed by atoms with Gasteiger partial charge in [-0.25, -0.2) is 23.2 Å². The molecule has 0 aliphatic heterocycles. The number of aromatic carboxylic acids is 1. The van der Waals surface area contributed by atoms with Crippen LogP contribution in [-0.2, 0) is 0 Å². The minimum atomic E-state index is -2.96. The van der Waals surface area contributed by atoms with Crippen LogP contribution in [-0.4, -0.2) is 30.8 Å². The summed E-state index contributed by atoms with van der Waals surface area (Å²) in [4.78, 5) is 18.3. The summed E-state index contributed by atoms with van der Waals surface area (Å²) in [7, 11) is 0. The largest absolute Gasteiger partial charge is 0.478 e. The Kier molecular flexibility index (Phi) is 2.77. The summed E-state index contributed by atoms with van der Waals surface area (Å²) in [6, 6.07) is 0. The zero-order valence-corrected chi connectivity index (χ0v) is 8.29. The Labute approximate surface area is 93.6 Å². The van der Waals surface area contributed by atoms with Crippen molar-refractivity contribution in [3.8, 4) is 5.82 Å². The number of nitrogens with zero attached hydrogens (tertiary/aromatic N) is 4. The van der Waals surface area contributed by atoms with Crippen LogP contribution in [0.3, 0.4) is 0 Å². The highest BCUT2D eigenvalue weighted by molar-refractivity contribution is 5.88. The summed E-state index contributed by atoms with van der Waals surface area (Å²) >= 11 is 0. The Morgan fingerprint density at radius 1 is 1.41 bits per heavy atom. The van der Waals surface area contributed by atoms with E-state index in [1.807, 2.05) is 0 Å². The highest BCUT2D eigenvalue weighted by atomic mass is 19.3. The molecule has 2 heterocycles. The number of carboxylic acids is 1. The summed E-state index contributed by atoms with van der Waals surface area (Å²) < 4.78 is 26.0. The molecule has 0 spiro atoms. The van der Waals surface area contributed by atoms with Crippen molar-refractivity contribution < 1.29 is 18.7 Å². The van der Waals surface area contributed by atoms with Crippen LogP contribution in [0.4, 0.5) is 8.78 Å². The molecule has 0 amide bonds. The molecule has 6 nitrogen and oxygen atoms in total. The van der Waals surface area contributed by atoms with Gasteiger partial charge in [-0.15, -0.1) is 0 Å². The van der Waals surface area contributed by atoms with E-state index in [1.54, 1.807) is 0 Å². The van der Waals surface area contributed by atoms with Crippen molar-refractivity contribution in [1.29, 1.82) is 0 Å². The Bertz CT molecular complexity index is 541. The maximum Gasteiger partial charge on any atom is 0.339 e.